The van der Waals surface area contributed by atoms with E-state index in [0.717, 1.165) is 11.4 Å². The molecule has 1 aromatic rings. The zero-order valence-electron chi connectivity index (χ0n) is 7.76. The van der Waals surface area contributed by atoms with E-state index in [1.807, 2.05) is 25.5 Å². The molecule has 0 aliphatic carbocycles. The molecule has 0 aliphatic rings. The second kappa shape index (κ2) is 3.01. The normalized spacial score (nSPS) is 10.0. The van der Waals surface area contributed by atoms with Crippen LogP contribution in [0.4, 0.5) is 0 Å². The van der Waals surface area contributed by atoms with Crippen molar-refractivity contribution < 1.29 is 9.53 Å². The first-order valence-electron chi connectivity index (χ1n) is 3.71. The zero-order chi connectivity index (χ0) is 9.30. The Morgan fingerprint density at radius 3 is 2.42 bits per heavy atom. The van der Waals surface area contributed by atoms with Crippen molar-refractivity contribution in [2.45, 2.75) is 13.8 Å². The van der Waals surface area contributed by atoms with Gasteiger partial charge in [0, 0.05) is 24.5 Å². The molecule has 0 bridgehead atoms. The van der Waals surface area contributed by atoms with Gasteiger partial charge in [0.05, 0.1) is 12.7 Å². The molecule has 0 fully saturated rings. The summed E-state index contributed by atoms with van der Waals surface area (Å²) in [7, 11) is 3.27. The van der Waals surface area contributed by atoms with Crippen LogP contribution in [0.15, 0.2) is 0 Å². The summed E-state index contributed by atoms with van der Waals surface area (Å²) < 4.78 is 6.51. The minimum Gasteiger partial charge on any atom is -0.465 e. The topological polar surface area (TPSA) is 31.2 Å². The molecule has 1 radical (unpaired) electrons. The molecule has 3 nitrogen and oxygen atoms in total. The third-order valence-corrected chi connectivity index (χ3v) is 2.06. The van der Waals surface area contributed by atoms with Gasteiger partial charge >= 0.3 is 5.97 Å². The van der Waals surface area contributed by atoms with Gasteiger partial charge < -0.3 is 9.30 Å². The second-order valence-electron chi connectivity index (χ2n) is 2.72. The van der Waals surface area contributed by atoms with Crippen LogP contribution in [0.25, 0.3) is 0 Å². The molecule has 0 N–H and O–H groups in total. The van der Waals surface area contributed by atoms with Crippen molar-refractivity contribution in [3.05, 3.63) is 23.0 Å². The van der Waals surface area contributed by atoms with E-state index in [1.165, 1.54) is 7.11 Å². The maximum Gasteiger partial charge on any atom is 0.340 e. The predicted molar refractivity (Wildman–Crippen MR) is 45.1 cm³/mol. The van der Waals surface area contributed by atoms with E-state index < -0.39 is 0 Å². The van der Waals surface area contributed by atoms with Crippen LogP contribution in [0, 0.1) is 19.9 Å². The highest BCUT2D eigenvalue weighted by molar-refractivity contribution is 5.90. The van der Waals surface area contributed by atoms with Gasteiger partial charge in [0.25, 0.3) is 0 Å². The predicted octanol–water partition coefficient (Wildman–Crippen LogP) is 1.23. The number of rotatable bonds is 1. The number of aromatic nitrogens is 1. The number of carbonyl (C=O) groups excluding carboxylic acids is 1. The van der Waals surface area contributed by atoms with Crippen molar-refractivity contribution in [2.24, 2.45) is 7.05 Å². The quantitative estimate of drug-likeness (QED) is 0.587. The Morgan fingerprint density at radius 1 is 1.50 bits per heavy atom. The highest BCUT2D eigenvalue weighted by Crippen LogP contribution is 2.12. The number of ether oxygens (including phenoxy) is 1. The third kappa shape index (κ3) is 1.22. The second-order valence-corrected chi connectivity index (χ2v) is 2.72. The molecule has 0 unspecified atom stereocenters. The van der Waals surface area contributed by atoms with Gasteiger partial charge in [0.1, 0.15) is 0 Å². The summed E-state index contributed by atoms with van der Waals surface area (Å²) in [6.07, 6.45) is 0. The van der Waals surface area contributed by atoms with Gasteiger partial charge in [0.2, 0.25) is 0 Å². The first-order valence-corrected chi connectivity index (χ1v) is 3.71. The molecule has 0 aromatic carbocycles. The van der Waals surface area contributed by atoms with Crippen LogP contribution in [0.5, 0.6) is 0 Å². The number of carbonyl (C=O) groups is 1. The number of esters is 1. The van der Waals surface area contributed by atoms with Gasteiger partial charge in [-0.1, -0.05) is 0 Å². The number of aryl methyl sites for hydroxylation is 1. The molecular formula is C9H12NO2. The minimum atomic E-state index is -0.323. The Bertz CT molecular complexity index is 313. The van der Waals surface area contributed by atoms with Crippen molar-refractivity contribution in [1.82, 2.24) is 4.57 Å². The van der Waals surface area contributed by atoms with Crippen molar-refractivity contribution in [3.63, 3.8) is 0 Å². The molecule has 1 heterocycles. The van der Waals surface area contributed by atoms with E-state index in [0.29, 0.717) is 5.56 Å². The number of nitrogens with zero attached hydrogens (tertiary/aromatic N) is 1. The van der Waals surface area contributed by atoms with Crippen molar-refractivity contribution in [1.29, 1.82) is 0 Å². The van der Waals surface area contributed by atoms with Gasteiger partial charge in [-0.15, -0.1) is 0 Å². The summed E-state index contributed by atoms with van der Waals surface area (Å²) in [5.74, 6) is -0.323. The smallest absolute Gasteiger partial charge is 0.340 e. The van der Waals surface area contributed by atoms with Gasteiger partial charge in [-0.05, 0) is 13.8 Å². The first kappa shape index (κ1) is 8.84. The number of hydrogen-bond acceptors (Lipinski definition) is 2. The highest BCUT2D eigenvalue weighted by Gasteiger charge is 2.13. The molecular weight excluding hydrogens is 154 g/mol. The monoisotopic (exact) mass is 166 g/mol. The molecule has 65 valence electrons. The number of methoxy groups -OCH3 is 1. The molecule has 0 aliphatic heterocycles. The molecule has 0 saturated heterocycles. The summed E-state index contributed by atoms with van der Waals surface area (Å²) >= 11 is 0. The van der Waals surface area contributed by atoms with Crippen LogP contribution in [-0.4, -0.2) is 17.6 Å². The van der Waals surface area contributed by atoms with Gasteiger partial charge in [-0.3, -0.25) is 0 Å². The lowest BCUT2D eigenvalue weighted by atomic mass is 10.2. The minimum absolute atomic E-state index is 0.323. The van der Waals surface area contributed by atoms with Gasteiger partial charge in [-0.25, -0.2) is 4.79 Å². The van der Waals surface area contributed by atoms with E-state index in [4.69, 9.17) is 0 Å². The van der Waals surface area contributed by atoms with Crippen LogP contribution in [0.1, 0.15) is 21.7 Å². The average Bonchev–Trinajstić information content (AvgIpc) is 2.32. The lowest BCUT2D eigenvalue weighted by Gasteiger charge is -1.99. The van der Waals surface area contributed by atoms with Crippen molar-refractivity contribution in [3.8, 4) is 0 Å². The van der Waals surface area contributed by atoms with E-state index in [1.54, 1.807) is 0 Å². The Kier molecular flexibility index (Phi) is 2.22. The Morgan fingerprint density at radius 2 is 2.08 bits per heavy atom. The molecule has 0 spiro atoms. The maximum atomic E-state index is 11.1. The SMILES string of the molecule is COC(=O)c1[c]c(C)n(C)c1C. The van der Waals surface area contributed by atoms with Gasteiger partial charge in [0.15, 0.2) is 0 Å². The first-order chi connectivity index (χ1) is 5.57. The molecule has 12 heavy (non-hydrogen) atoms. The van der Waals surface area contributed by atoms with E-state index in [9.17, 15) is 4.79 Å². The van der Waals surface area contributed by atoms with Crippen LogP contribution >= 0.6 is 0 Å². The Balaban J connectivity index is 3.17. The largest absolute Gasteiger partial charge is 0.465 e. The lowest BCUT2D eigenvalue weighted by molar-refractivity contribution is 0.0599. The van der Waals surface area contributed by atoms with Gasteiger partial charge in [-0.2, -0.15) is 0 Å². The van der Waals surface area contributed by atoms with Crippen LogP contribution < -0.4 is 0 Å². The van der Waals surface area contributed by atoms with E-state index >= 15 is 0 Å². The van der Waals surface area contributed by atoms with Crippen LogP contribution in [0.3, 0.4) is 0 Å². The molecule has 0 atom stereocenters. The van der Waals surface area contributed by atoms with Crippen molar-refractivity contribution >= 4 is 5.97 Å². The summed E-state index contributed by atoms with van der Waals surface area (Å²) in [6.45, 7) is 3.77. The maximum absolute atomic E-state index is 11.1. The fourth-order valence-electron chi connectivity index (χ4n) is 1.08. The van der Waals surface area contributed by atoms with Crippen LogP contribution in [-0.2, 0) is 11.8 Å². The Labute approximate surface area is 72.0 Å². The molecule has 1 rings (SSSR count). The zero-order valence-corrected chi connectivity index (χ0v) is 7.76. The molecule has 3 heteroatoms. The average molecular weight is 166 g/mol. The molecule has 1 aromatic heterocycles. The summed E-state index contributed by atoms with van der Waals surface area (Å²) in [6, 6.07) is 2.95. The van der Waals surface area contributed by atoms with Crippen LogP contribution in [0.2, 0.25) is 0 Å². The molecule has 0 amide bonds. The summed E-state index contributed by atoms with van der Waals surface area (Å²) in [4.78, 5) is 11.1. The van der Waals surface area contributed by atoms with E-state index in [-0.39, 0.29) is 5.97 Å². The van der Waals surface area contributed by atoms with Crippen molar-refractivity contribution in [2.75, 3.05) is 7.11 Å². The number of hydrogen-bond donors (Lipinski definition) is 0. The third-order valence-electron chi connectivity index (χ3n) is 2.06. The Hall–Kier alpha value is -1.25. The fraction of sp³-hybridized carbons (Fsp3) is 0.444. The summed E-state index contributed by atoms with van der Waals surface area (Å²) in [5, 5.41) is 0. The fourth-order valence-corrected chi connectivity index (χ4v) is 1.08. The lowest BCUT2D eigenvalue weighted by Crippen LogP contribution is -2.03. The standard InChI is InChI=1S/C9H12NO2/c1-6-5-8(9(11)12-4)7(2)10(6)3/h1-4H3. The van der Waals surface area contributed by atoms with E-state index in [2.05, 4.69) is 10.8 Å². The summed E-state index contributed by atoms with van der Waals surface area (Å²) in [5.41, 5.74) is 2.35. The highest BCUT2D eigenvalue weighted by atomic mass is 16.5. The molecule has 0 saturated carbocycles.